The molecule has 1 aromatic carbocycles. The van der Waals surface area contributed by atoms with Gasteiger partial charge in [0, 0.05) is 79.9 Å². The molecule has 8 N–H and O–H groups in total. The Morgan fingerprint density at radius 1 is 0.775 bits per heavy atom. The smallest absolute Gasteiger partial charge is 0.254 e. The van der Waals surface area contributed by atoms with Crippen LogP contribution in [0.2, 0.25) is 0 Å². The number of pyridine rings is 2. The molecule has 0 atom stereocenters. The highest BCUT2D eigenvalue weighted by molar-refractivity contribution is 5.96. The first-order valence-corrected chi connectivity index (χ1v) is 12.6. The summed E-state index contributed by atoms with van der Waals surface area (Å²) in [6.07, 6.45) is 3.86. The van der Waals surface area contributed by atoms with Crippen molar-refractivity contribution in [2.24, 2.45) is 17.2 Å². The zero-order chi connectivity index (χ0) is 28.6. The Bertz CT molecular complexity index is 1310. The zero-order valence-electron chi connectivity index (χ0n) is 21.8. The summed E-state index contributed by atoms with van der Waals surface area (Å²) in [6.45, 7) is 2.11. The maximum Gasteiger partial charge on any atom is 0.254 e. The number of carbonyl (C=O) groups excluding carboxylic acids is 2. The minimum atomic E-state index is -0.246. The van der Waals surface area contributed by atoms with E-state index in [2.05, 4.69) is 9.97 Å². The highest BCUT2D eigenvalue weighted by atomic mass is 16.5. The van der Waals surface area contributed by atoms with Crippen LogP contribution in [0.15, 0.2) is 54.9 Å². The number of hydrogen-bond donors (Lipinski definition) is 5. The van der Waals surface area contributed by atoms with Crippen molar-refractivity contribution in [3.8, 4) is 23.3 Å². The number of benzene rings is 1. The fourth-order valence-corrected chi connectivity index (χ4v) is 4.01. The van der Waals surface area contributed by atoms with Crippen molar-refractivity contribution in [2.45, 2.75) is 12.8 Å². The number of rotatable bonds is 10. The monoisotopic (exact) mass is 545 g/mol. The number of carbonyl (C=O) groups is 2. The zero-order valence-corrected chi connectivity index (χ0v) is 21.8. The number of nitrogens with one attached hydrogen (secondary N) is 2. The molecule has 13 heteroatoms. The largest absolute Gasteiger partial charge is 0.439 e. The van der Waals surface area contributed by atoms with Crippen LogP contribution in [0.1, 0.15) is 34.3 Å². The number of nitrogens with two attached hydrogens (primary N) is 3. The highest BCUT2D eigenvalue weighted by Gasteiger charge is 2.25. The minimum Gasteiger partial charge on any atom is -0.439 e. The summed E-state index contributed by atoms with van der Waals surface area (Å²) in [5.74, 6) is 0.598. The van der Waals surface area contributed by atoms with Crippen molar-refractivity contribution < 1.29 is 19.1 Å². The predicted molar refractivity (Wildman–Crippen MR) is 148 cm³/mol. The summed E-state index contributed by atoms with van der Waals surface area (Å²) in [6, 6.07) is 11.1. The van der Waals surface area contributed by atoms with E-state index in [1.807, 2.05) is 0 Å². The van der Waals surface area contributed by atoms with Gasteiger partial charge in [-0.1, -0.05) is 0 Å². The summed E-state index contributed by atoms with van der Waals surface area (Å²) in [7, 11) is 0. The molecular weight excluding hydrogens is 514 g/mol. The number of aromatic nitrogens is 2. The second kappa shape index (κ2) is 12.7. The van der Waals surface area contributed by atoms with Gasteiger partial charge in [-0.05, 0) is 37.2 Å². The molecule has 0 aliphatic carbocycles. The Hall–Kier alpha value is -5.04. The maximum atomic E-state index is 13.5. The predicted octanol–water partition coefficient (Wildman–Crippen LogP) is 1.65. The van der Waals surface area contributed by atoms with Crippen molar-refractivity contribution in [1.82, 2.24) is 19.8 Å². The third-order valence-corrected chi connectivity index (χ3v) is 6.18. The number of ether oxygens (including phenoxy) is 2. The van der Waals surface area contributed by atoms with Crippen molar-refractivity contribution in [3.05, 3.63) is 71.5 Å². The van der Waals surface area contributed by atoms with Crippen molar-refractivity contribution in [2.75, 3.05) is 32.7 Å². The van der Waals surface area contributed by atoms with E-state index in [-0.39, 0.29) is 35.2 Å². The van der Waals surface area contributed by atoms with Crippen molar-refractivity contribution >= 4 is 23.5 Å². The van der Waals surface area contributed by atoms with Crippen LogP contribution in [0.3, 0.4) is 0 Å². The molecule has 0 saturated carbocycles. The molecule has 2 amide bonds. The van der Waals surface area contributed by atoms with Gasteiger partial charge in [0.25, 0.3) is 5.91 Å². The fourth-order valence-electron chi connectivity index (χ4n) is 4.01. The molecule has 0 bridgehead atoms. The van der Waals surface area contributed by atoms with Crippen LogP contribution in [0.5, 0.6) is 23.3 Å². The Balaban J connectivity index is 1.55. The Morgan fingerprint density at radius 2 is 1.27 bits per heavy atom. The van der Waals surface area contributed by atoms with Gasteiger partial charge in [-0.3, -0.25) is 20.4 Å². The topological polar surface area (TPSA) is 211 Å². The van der Waals surface area contributed by atoms with Crippen LogP contribution in [0.4, 0.5) is 0 Å². The third-order valence-electron chi connectivity index (χ3n) is 6.18. The Labute approximate surface area is 230 Å². The molecule has 3 heterocycles. The van der Waals surface area contributed by atoms with Crippen LogP contribution < -0.4 is 26.7 Å². The molecule has 4 rings (SSSR count). The molecule has 1 saturated heterocycles. The highest BCUT2D eigenvalue weighted by Crippen LogP contribution is 2.30. The Kier molecular flexibility index (Phi) is 8.86. The minimum absolute atomic E-state index is 0.0372. The van der Waals surface area contributed by atoms with Gasteiger partial charge in [-0.2, -0.15) is 0 Å². The number of piperazine rings is 1. The summed E-state index contributed by atoms with van der Waals surface area (Å²) in [5.41, 5.74) is 17.7. The molecule has 2 aromatic heterocycles. The average Bonchev–Trinajstić information content (AvgIpc) is 2.96. The van der Waals surface area contributed by atoms with Crippen LogP contribution >= 0.6 is 0 Å². The number of amides is 2. The van der Waals surface area contributed by atoms with E-state index in [4.69, 9.17) is 37.5 Å². The number of nitrogen functional groups attached to an aromatic ring is 2. The molecule has 1 fully saturated rings. The van der Waals surface area contributed by atoms with E-state index in [0.717, 1.165) is 0 Å². The molecule has 208 valence electrons. The standard InChI is InChI=1S/C27H31N9O4/c28-7-1-2-24(37)35-8-10-36(11-9-35)27(38)19-12-20(39-22-5-3-17(15-33-22)25(29)30)14-21(13-19)40-23-6-4-18(16-34-23)26(31)32/h3-6,12-16H,1-2,7-11,28H2,(H3,29,30)(H3,31,32). The molecule has 0 spiro atoms. The van der Waals surface area contributed by atoms with Gasteiger partial charge in [0.15, 0.2) is 0 Å². The fraction of sp³-hybridized carbons (Fsp3) is 0.259. The van der Waals surface area contributed by atoms with Gasteiger partial charge >= 0.3 is 0 Å². The lowest BCUT2D eigenvalue weighted by Crippen LogP contribution is -2.50. The number of hydrogen-bond acceptors (Lipinski definition) is 9. The van der Waals surface area contributed by atoms with E-state index in [9.17, 15) is 9.59 Å². The lowest BCUT2D eigenvalue weighted by molar-refractivity contribution is -0.132. The van der Waals surface area contributed by atoms with Gasteiger partial charge in [-0.15, -0.1) is 0 Å². The third kappa shape index (κ3) is 7.08. The van der Waals surface area contributed by atoms with Crippen molar-refractivity contribution in [3.63, 3.8) is 0 Å². The second-order valence-corrected chi connectivity index (χ2v) is 9.06. The lowest BCUT2D eigenvalue weighted by atomic mass is 10.1. The van der Waals surface area contributed by atoms with Crippen LogP contribution in [-0.2, 0) is 4.79 Å². The van der Waals surface area contributed by atoms with E-state index in [0.29, 0.717) is 73.8 Å². The van der Waals surface area contributed by atoms with E-state index in [1.54, 1.807) is 52.3 Å². The number of amidine groups is 2. The van der Waals surface area contributed by atoms with Crippen molar-refractivity contribution in [1.29, 1.82) is 10.8 Å². The first-order valence-electron chi connectivity index (χ1n) is 12.6. The number of nitrogens with zero attached hydrogens (tertiary/aromatic N) is 4. The summed E-state index contributed by atoms with van der Waals surface area (Å²) >= 11 is 0. The molecule has 3 aromatic rings. The van der Waals surface area contributed by atoms with E-state index >= 15 is 0 Å². The van der Waals surface area contributed by atoms with E-state index < -0.39 is 0 Å². The lowest BCUT2D eigenvalue weighted by Gasteiger charge is -2.35. The molecule has 1 aliphatic heterocycles. The van der Waals surface area contributed by atoms with Gasteiger partial charge < -0.3 is 36.5 Å². The molecule has 0 unspecified atom stereocenters. The van der Waals surface area contributed by atoms with Crippen LogP contribution in [0.25, 0.3) is 0 Å². The first-order chi connectivity index (χ1) is 19.2. The molecule has 0 radical (unpaired) electrons. The van der Waals surface area contributed by atoms with Gasteiger partial charge in [0.1, 0.15) is 23.2 Å². The normalized spacial score (nSPS) is 13.0. The summed E-state index contributed by atoms with van der Waals surface area (Å²) in [4.78, 5) is 37.6. The Morgan fingerprint density at radius 3 is 1.70 bits per heavy atom. The van der Waals surface area contributed by atoms with Crippen LogP contribution in [-0.4, -0.2) is 76.0 Å². The maximum absolute atomic E-state index is 13.5. The second-order valence-electron chi connectivity index (χ2n) is 9.06. The molecular formula is C27H31N9O4. The van der Waals surface area contributed by atoms with Gasteiger partial charge in [-0.25, -0.2) is 9.97 Å². The molecule has 40 heavy (non-hydrogen) atoms. The summed E-state index contributed by atoms with van der Waals surface area (Å²) < 4.78 is 11.8. The quantitative estimate of drug-likeness (QED) is 0.185. The first kappa shape index (κ1) is 28.0. The SMILES string of the molecule is N=C(N)c1ccc(Oc2cc(Oc3ccc(C(=N)N)cn3)cc(C(=O)N3CCN(C(=O)CCCN)CC3)c2)nc1. The van der Waals surface area contributed by atoms with E-state index in [1.165, 1.54) is 12.4 Å². The van der Waals surface area contributed by atoms with Gasteiger partial charge in [0.2, 0.25) is 17.7 Å². The van der Waals surface area contributed by atoms with Crippen LogP contribution in [0, 0.1) is 10.8 Å². The van der Waals surface area contributed by atoms with Gasteiger partial charge in [0.05, 0.1) is 0 Å². The molecule has 1 aliphatic rings. The average molecular weight is 546 g/mol. The molecule has 13 nitrogen and oxygen atoms in total. The summed E-state index contributed by atoms with van der Waals surface area (Å²) in [5, 5.41) is 15.0.